The first-order chi connectivity index (χ1) is 12.3. The van der Waals surface area contributed by atoms with E-state index in [-0.39, 0.29) is 28.9 Å². The number of fused-ring (bicyclic) bond motifs is 1. The van der Waals surface area contributed by atoms with Crippen molar-refractivity contribution in [2.24, 2.45) is 0 Å². The van der Waals surface area contributed by atoms with Crippen LogP contribution in [0.5, 0.6) is 23.0 Å². The molecule has 0 saturated heterocycles. The lowest BCUT2D eigenvalue weighted by molar-refractivity contribution is -0.133. The predicted octanol–water partition coefficient (Wildman–Crippen LogP) is 2.67. The fourth-order valence-corrected chi connectivity index (χ4v) is 2.52. The van der Waals surface area contributed by atoms with Gasteiger partial charge in [-0.2, -0.15) is 0 Å². The average Bonchev–Trinajstić information content (AvgIpc) is 2.55. The molecule has 2 aromatic rings. The first-order valence-electron chi connectivity index (χ1n) is 7.64. The number of esters is 2. The Morgan fingerprint density at radius 2 is 1.27 bits per heavy atom. The van der Waals surface area contributed by atoms with Crippen LogP contribution in [0.15, 0.2) is 18.2 Å². The number of methoxy groups -OCH3 is 2. The van der Waals surface area contributed by atoms with E-state index in [9.17, 15) is 14.4 Å². The van der Waals surface area contributed by atoms with Crippen LogP contribution in [-0.4, -0.2) is 32.1 Å². The van der Waals surface area contributed by atoms with Crippen molar-refractivity contribution in [3.63, 3.8) is 0 Å². The van der Waals surface area contributed by atoms with E-state index in [1.165, 1.54) is 35.0 Å². The van der Waals surface area contributed by atoms with E-state index in [0.29, 0.717) is 16.5 Å². The quantitative estimate of drug-likeness (QED) is 0.645. The number of anilines is 1. The molecule has 0 bridgehead atoms. The van der Waals surface area contributed by atoms with Gasteiger partial charge < -0.3 is 24.3 Å². The number of benzene rings is 2. The van der Waals surface area contributed by atoms with E-state index < -0.39 is 11.9 Å². The largest absolute Gasteiger partial charge is 0.490 e. The first-order valence-corrected chi connectivity index (χ1v) is 7.64. The minimum atomic E-state index is -0.572. The number of hydrogen-bond donors (Lipinski definition) is 1. The standard InChI is InChI=1S/C18H19NO7/c1-9(20)19-12-6-7-13-14(8-12)16(26-11(3)22)18(24-5)17(23-4)15(13)25-10(2)21/h6-8H,1-5H3,(H,19,20). The Labute approximate surface area is 150 Å². The third-order valence-corrected chi connectivity index (χ3v) is 3.35. The molecule has 1 amide bonds. The SMILES string of the molecule is COc1c(OC)c(OC(C)=O)c2cc(NC(C)=O)ccc2c1OC(C)=O. The highest BCUT2D eigenvalue weighted by Gasteiger charge is 2.26. The van der Waals surface area contributed by atoms with Gasteiger partial charge in [0.05, 0.1) is 14.2 Å². The van der Waals surface area contributed by atoms with E-state index in [1.54, 1.807) is 18.2 Å². The third kappa shape index (κ3) is 3.85. The van der Waals surface area contributed by atoms with E-state index in [2.05, 4.69) is 5.32 Å². The van der Waals surface area contributed by atoms with Gasteiger partial charge in [0, 0.05) is 37.2 Å². The van der Waals surface area contributed by atoms with E-state index in [1.807, 2.05) is 0 Å². The van der Waals surface area contributed by atoms with E-state index >= 15 is 0 Å². The summed E-state index contributed by atoms with van der Waals surface area (Å²) in [6.07, 6.45) is 0. The molecule has 138 valence electrons. The normalized spacial score (nSPS) is 10.2. The minimum Gasteiger partial charge on any atom is -0.490 e. The van der Waals surface area contributed by atoms with E-state index in [0.717, 1.165) is 0 Å². The summed E-state index contributed by atoms with van der Waals surface area (Å²) in [5.74, 6) is -0.981. The zero-order chi connectivity index (χ0) is 19.4. The molecule has 0 aliphatic carbocycles. The highest BCUT2D eigenvalue weighted by atomic mass is 16.6. The van der Waals surface area contributed by atoms with Crippen LogP contribution in [-0.2, 0) is 14.4 Å². The number of rotatable bonds is 5. The van der Waals surface area contributed by atoms with Crippen LogP contribution >= 0.6 is 0 Å². The number of amides is 1. The van der Waals surface area contributed by atoms with Gasteiger partial charge in [-0.1, -0.05) is 0 Å². The summed E-state index contributed by atoms with van der Waals surface area (Å²) in [7, 11) is 2.74. The van der Waals surface area contributed by atoms with Crippen LogP contribution in [0.3, 0.4) is 0 Å². The zero-order valence-electron chi connectivity index (χ0n) is 15.1. The summed E-state index contributed by atoms with van der Waals surface area (Å²) in [5, 5.41) is 3.50. The van der Waals surface area contributed by atoms with Gasteiger partial charge in [0.1, 0.15) is 0 Å². The third-order valence-electron chi connectivity index (χ3n) is 3.35. The van der Waals surface area contributed by atoms with Crippen molar-refractivity contribution in [1.29, 1.82) is 0 Å². The lowest BCUT2D eigenvalue weighted by Gasteiger charge is -2.19. The van der Waals surface area contributed by atoms with Crippen molar-refractivity contribution in [2.45, 2.75) is 20.8 Å². The second kappa shape index (κ2) is 7.73. The number of nitrogens with one attached hydrogen (secondary N) is 1. The molecule has 1 N–H and O–H groups in total. The molecule has 0 unspecified atom stereocenters. The molecular formula is C18H19NO7. The fraction of sp³-hybridized carbons (Fsp3) is 0.278. The molecule has 8 heteroatoms. The smallest absolute Gasteiger partial charge is 0.308 e. The molecule has 26 heavy (non-hydrogen) atoms. The summed E-state index contributed by atoms with van der Waals surface area (Å²) in [5.41, 5.74) is 0.472. The maximum atomic E-state index is 11.6. The van der Waals surface area contributed by atoms with Crippen molar-refractivity contribution < 1.29 is 33.3 Å². The Morgan fingerprint density at radius 3 is 1.69 bits per heavy atom. The lowest BCUT2D eigenvalue weighted by Crippen LogP contribution is -2.09. The first kappa shape index (κ1) is 19.0. The lowest BCUT2D eigenvalue weighted by atomic mass is 10.1. The maximum absolute atomic E-state index is 11.6. The van der Waals surface area contributed by atoms with Crippen LogP contribution in [0.4, 0.5) is 5.69 Å². The van der Waals surface area contributed by atoms with Gasteiger partial charge in [0.15, 0.2) is 11.5 Å². The Hall–Kier alpha value is -3.29. The van der Waals surface area contributed by atoms with Gasteiger partial charge in [-0.25, -0.2) is 0 Å². The molecule has 0 aliphatic rings. The Balaban J connectivity index is 2.90. The van der Waals surface area contributed by atoms with Crippen molar-refractivity contribution >= 4 is 34.3 Å². The van der Waals surface area contributed by atoms with Gasteiger partial charge in [0.2, 0.25) is 17.4 Å². The number of carbonyl (C=O) groups is 3. The number of carbonyl (C=O) groups excluding carboxylic acids is 3. The van der Waals surface area contributed by atoms with Crippen LogP contribution in [0.2, 0.25) is 0 Å². The fourth-order valence-electron chi connectivity index (χ4n) is 2.52. The number of hydrogen-bond acceptors (Lipinski definition) is 7. The molecule has 2 rings (SSSR count). The van der Waals surface area contributed by atoms with Crippen molar-refractivity contribution in [1.82, 2.24) is 0 Å². The molecule has 2 aromatic carbocycles. The summed E-state index contributed by atoms with van der Waals surface area (Å²) in [4.78, 5) is 34.5. The van der Waals surface area contributed by atoms with Gasteiger partial charge in [0.25, 0.3) is 0 Å². The van der Waals surface area contributed by atoms with Crippen LogP contribution < -0.4 is 24.3 Å². The van der Waals surface area contributed by atoms with Gasteiger partial charge in [-0.05, 0) is 18.2 Å². The van der Waals surface area contributed by atoms with Crippen LogP contribution in [0.1, 0.15) is 20.8 Å². The summed E-state index contributed by atoms with van der Waals surface area (Å²) >= 11 is 0. The van der Waals surface area contributed by atoms with Crippen LogP contribution in [0.25, 0.3) is 10.8 Å². The number of ether oxygens (including phenoxy) is 4. The molecule has 0 radical (unpaired) electrons. The van der Waals surface area contributed by atoms with Gasteiger partial charge >= 0.3 is 11.9 Å². The Morgan fingerprint density at radius 1 is 0.769 bits per heavy atom. The maximum Gasteiger partial charge on any atom is 0.308 e. The summed E-state index contributed by atoms with van der Waals surface area (Å²) in [6.45, 7) is 3.87. The highest BCUT2D eigenvalue weighted by Crippen LogP contribution is 2.51. The summed E-state index contributed by atoms with van der Waals surface area (Å²) in [6, 6.07) is 4.83. The minimum absolute atomic E-state index is 0.0893. The predicted molar refractivity (Wildman–Crippen MR) is 94.0 cm³/mol. The Bertz CT molecular complexity index is 889. The summed E-state index contributed by atoms with van der Waals surface area (Å²) < 4.78 is 21.3. The molecule has 0 aliphatic heterocycles. The molecule has 0 atom stereocenters. The highest BCUT2D eigenvalue weighted by molar-refractivity contribution is 6.03. The van der Waals surface area contributed by atoms with Crippen molar-refractivity contribution in [2.75, 3.05) is 19.5 Å². The van der Waals surface area contributed by atoms with Crippen molar-refractivity contribution in [3.05, 3.63) is 18.2 Å². The molecular weight excluding hydrogens is 342 g/mol. The van der Waals surface area contributed by atoms with Crippen molar-refractivity contribution in [3.8, 4) is 23.0 Å². The molecule has 0 heterocycles. The average molecular weight is 361 g/mol. The molecule has 0 aromatic heterocycles. The Kier molecular flexibility index (Phi) is 5.66. The second-order valence-electron chi connectivity index (χ2n) is 5.35. The zero-order valence-corrected chi connectivity index (χ0v) is 15.1. The second-order valence-corrected chi connectivity index (χ2v) is 5.35. The topological polar surface area (TPSA) is 100 Å². The van der Waals surface area contributed by atoms with Gasteiger partial charge in [-0.3, -0.25) is 14.4 Å². The molecule has 0 fully saturated rings. The molecule has 0 spiro atoms. The monoisotopic (exact) mass is 361 g/mol. The molecule has 0 saturated carbocycles. The van der Waals surface area contributed by atoms with Crippen LogP contribution in [0, 0.1) is 0 Å². The molecule has 8 nitrogen and oxygen atoms in total. The van der Waals surface area contributed by atoms with Gasteiger partial charge in [-0.15, -0.1) is 0 Å². The van der Waals surface area contributed by atoms with E-state index in [4.69, 9.17) is 18.9 Å².